The van der Waals surface area contributed by atoms with Crippen molar-refractivity contribution in [2.24, 2.45) is 0 Å². The van der Waals surface area contributed by atoms with Gasteiger partial charge in [0.2, 0.25) is 12.3 Å². The van der Waals surface area contributed by atoms with Gasteiger partial charge in [0.05, 0.1) is 6.10 Å². The molecule has 1 aliphatic heterocycles. The monoisotopic (exact) mass is 273 g/mol. The van der Waals surface area contributed by atoms with Gasteiger partial charge >= 0.3 is 0 Å². The van der Waals surface area contributed by atoms with E-state index in [0.717, 1.165) is 37.1 Å². The Hall–Kier alpha value is -1.88. The van der Waals surface area contributed by atoms with Crippen LogP contribution in [0.5, 0.6) is 0 Å². The smallest absolute Gasteiger partial charge is 0.247 e. The van der Waals surface area contributed by atoms with Crippen LogP contribution in [0.25, 0.3) is 11.5 Å². The average Bonchev–Trinajstić information content (AvgIpc) is 3.02. The highest BCUT2D eigenvalue weighted by atomic mass is 16.5. The number of aromatic nitrogens is 2. The molecule has 0 aliphatic carbocycles. The third-order valence-corrected chi connectivity index (χ3v) is 3.66. The van der Waals surface area contributed by atoms with Gasteiger partial charge in [0.25, 0.3) is 0 Å². The fraction of sp³-hybridized carbons (Fsp3) is 0.467. The number of nitrogens with zero attached hydrogens (tertiary/aromatic N) is 2. The first kappa shape index (κ1) is 13.1. The summed E-state index contributed by atoms with van der Waals surface area (Å²) >= 11 is 0. The summed E-state index contributed by atoms with van der Waals surface area (Å²) in [6.45, 7) is 3.00. The summed E-state index contributed by atoms with van der Waals surface area (Å²) in [6, 6.07) is 8.54. The van der Waals surface area contributed by atoms with E-state index in [1.54, 1.807) is 0 Å². The highest BCUT2D eigenvalue weighted by Gasteiger charge is 2.21. The average molecular weight is 273 g/mol. The van der Waals surface area contributed by atoms with Gasteiger partial charge in [-0.1, -0.05) is 13.0 Å². The zero-order valence-corrected chi connectivity index (χ0v) is 11.6. The predicted octanol–water partition coefficient (Wildman–Crippen LogP) is 3.11. The predicted molar refractivity (Wildman–Crippen MR) is 76.4 cm³/mol. The van der Waals surface area contributed by atoms with Gasteiger partial charge < -0.3 is 14.5 Å². The van der Waals surface area contributed by atoms with Crippen molar-refractivity contribution in [1.82, 2.24) is 10.2 Å². The Morgan fingerprint density at radius 1 is 1.40 bits per heavy atom. The maximum Gasteiger partial charge on any atom is 0.247 e. The SMILES string of the molecule is CCC1CC(Nc2cccc(-c3nnco3)c2)CCO1. The first-order valence-electron chi connectivity index (χ1n) is 7.10. The second-order valence-corrected chi connectivity index (χ2v) is 5.09. The van der Waals surface area contributed by atoms with Crippen LogP contribution in [0.4, 0.5) is 5.69 Å². The molecule has 0 saturated carbocycles. The number of nitrogens with one attached hydrogen (secondary N) is 1. The van der Waals surface area contributed by atoms with Crippen molar-refractivity contribution in [2.75, 3.05) is 11.9 Å². The summed E-state index contributed by atoms with van der Waals surface area (Å²) < 4.78 is 10.9. The van der Waals surface area contributed by atoms with Crippen molar-refractivity contribution < 1.29 is 9.15 Å². The van der Waals surface area contributed by atoms with Crippen LogP contribution in [0, 0.1) is 0 Å². The Bertz CT molecular complexity index is 542. The second-order valence-electron chi connectivity index (χ2n) is 5.09. The molecule has 106 valence electrons. The van der Waals surface area contributed by atoms with E-state index >= 15 is 0 Å². The number of hydrogen-bond acceptors (Lipinski definition) is 5. The number of hydrogen-bond donors (Lipinski definition) is 1. The molecule has 20 heavy (non-hydrogen) atoms. The summed E-state index contributed by atoms with van der Waals surface area (Å²) in [4.78, 5) is 0. The zero-order chi connectivity index (χ0) is 13.8. The van der Waals surface area contributed by atoms with E-state index < -0.39 is 0 Å². The Morgan fingerprint density at radius 2 is 2.35 bits per heavy atom. The van der Waals surface area contributed by atoms with E-state index in [4.69, 9.17) is 9.15 Å². The molecule has 2 unspecified atom stereocenters. The molecule has 1 fully saturated rings. The second kappa shape index (κ2) is 6.05. The summed E-state index contributed by atoms with van der Waals surface area (Å²) in [6.07, 6.45) is 4.89. The first-order valence-corrected chi connectivity index (χ1v) is 7.10. The normalized spacial score (nSPS) is 22.6. The van der Waals surface area contributed by atoms with Crippen LogP contribution in [0.15, 0.2) is 35.1 Å². The van der Waals surface area contributed by atoms with Crippen molar-refractivity contribution >= 4 is 5.69 Å². The van der Waals surface area contributed by atoms with E-state index in [9.17, 15) is 0 Å². The first-order chi connectivity index (χ1) is 9.85. The minimum Gasteiger partial charge on any atom is -0.423 e. The molecule has 5 heteroatoms. The molecule has 2 heterocycles. The van der Waals surface area contributed by atoms with Crippen LogP contribution >= 0.6 is 0 Å². The minimum atomic E-state index is 0.375. The molecule has 1 N–H and O–H groups in total. The number of anilines is 1. The fourth-order valence-electron chi connectivity index (χ4n) is 2.57. The molecule has 0 amide bonds. The highest BCUT2D eigenvalue weighted by molar-refractivity contribution is 5.61. The van der Waals surface area contributed by atoms with E-state index in [-0.39, 0.29) is 0 Å². The molecular weight excluding hydrogens is 254 g/mol. The molecule has 2 aromatic rings. The molecular formula is C15H19N3O2. The molecule has 3 rings (SSSR count). The Balaban J connectivity index is 1.70. The quantitative estimate of drug-likeness (QED) is 0.927. The molecule has 1 saturated heterocycles. The molecule has 1 aromatic heterocycles. The van der Waals surface area contributed by atoms with Crippen molar-refractivity contribution in [3.63, 3.8) is 0 Å². The third-order valence-electron chi connectivity index (χ3n) is 3.66. The molecule has 1 aliphatic rings. The Labute approximate surface area is 118 Å². The summed E-state index contributed by atoms with van der Waals surface area (Å²) in [5.74, 6) is 0.548. The summed E-state index contributed by atoms with van der Waals surface area (Å²) in [7, 11) is 0. The van der Waals surface area contributed by atoms with Gasteiger partial charge in [-0.3, -0.25) is 0 Å². The van der Waals surface area contributed by atoms with Crippen LogP contribution in [0.2, 0.25) is 0 Å². The van der Waals surface area contributed by atoms with Gasteiger partial charge in [0, 0.05) is 23.9 Å². The van der Waals surface area contributed by atoms with E-state index in [2.05, 4.69) is 28.5 Å². The van der Waals surface area contributed by atoms with Gasteiger partial charge in [0.1, 0.15) is 0 Å². The molecule has 2 atom stereocenters. The maximum atomic E-state index is 5.70. The van der Waals surface area contributed by atoms with Crippen molar-refractivity contribution in [1.29, 1.82) is 0 Å². The van der Waals surface area contributed by atoms with Gasteiger partial charge in [-0.2, -0.15) is 0 Å². The van der Waals surface area contributed by atoms with Crippen LogP contribution in [-0.2, 0) is 4.74 Å². The van der Waals surface area contributed by atoms with Gasteiger partial charge in [0.15, 0.2) is 0 Å². The third kappa shape index (κ3) is 2.99. The van der Waals surface area contributed by atoms with E-state index in [1.165, 1.54) is 6.39 Å². The zero-order valence-electron chi connectivity index (χ0n) is 11.6. The van der Waals surface area contributed by atoms with Crippen LogP contribution in [0.3, 0.4) is 0 Å². The fourth-order valence-corrected chi connectivity index (χ4v) is 2.57. The van der Waals surface area contributed by atoms with E-state index in [1.807, 2.05) is 18.2 Å². The van der Waals surface area contributed by atoms with Gasteiger partial charge in [-0.15, -0.1) is 10.2 Å². The largest absolute Gasteiger partial charge is 0.423 e. The topological polar surface area (TPSA) is 60.2 Å². The lowest BCUT2D eigenvalue weighted by molar-refractivity contribution is 0.00926. The van der Waals surface area contributed by atoms with E-state index in [0.29, 0.717) is 18.0 Å². The summed E-state index contributed by atoms with van der Waals surface area (Å²) in [5.41, 5.74) is 2.02. The molecule has 5 nitrogen and oxygen atoms in total. The Kier molecular flexibility index (Phi) is 3.97. The minimum absolute atomic E-state index is 0.375. The summed E-state index contributed by atoms with van der Waals surface area (Å²) in [5, 5.41) is 11.2. The van der Waals surface area contributed by atoms with Crippen LogP contribution in [-0.4, -0.2) is 29.0 Å². The molecule has 1 aromatic carbocycles. The lowest BCUT2D eigenvalue weighted by Crippen LogP contribution is -2.33. The molecule has 0 radical (unpaired) electrons. The number of ether oxygens (including phenoxy) is 1. The van der Waals surface area contributed by atoms with Crippen LogP contribution < -0.4 is 5.32 Å². The number of rotatable bonds is 4. The van der Waals surface area contributed by atoms with Crippen molar-refractivity contribution in [3.05, 3.63) is 30.7 Å². The Morgan fingerprint density at radius 3 is 3.15 bits per heavy atom. The van der Waals surface area contributed by atoms with Gasteiger partial charge in [-0.25, -0.2) is 0 Å². The lowest BCUT2D eigenvalue weighted by Gasteiger charge is -2.30. The highest BCUT2D eigenvalue weighted by Crippen LogP contribution is 2.24. The molecule has 0 spiro atoms. The van der Waals surface area contributed by atoms with Crippen molar-refractivity contribution in [3.8, 4) is 11.5 Å². The lowest BCUT2D eigenvalue weighted by atomic mass is 10.0. The van der Waals surface area contributed by atoms with Crippen LogP contribution in [0.1, 0.15) is 26.2 Å². The van der Waals surface area contributed by atoms with Crippen molar-refractivity contribution in [2.45, 2.75) is 38.3 Å². The maximum absolute atomic E-state index is 5.70. The standard InChI is InChI=1S/C15H19N3O2/c1-2-14-9-13(6-7-19-14)17-12-5-3-4-11(8-12)15-18-16-10-20-15/h3-5,8,10,13-14,17H,2,6-7,9H2,1H3. The van der Waals surface area contributed by atoms with Gasteiger partial charge in [-0.05, 0) is 37.5 Å². The molecule has 0 bridgehead atoms. The number of benzene rings is 1.